The summed E-state index contributed by atoms with van der Waals surface area (Å²) < 4.78 is 5.23. The lowest BCUT2D eigenvalue weighted by Crippen LogP contribution is -2.40. The van der Waals surface area contributed by atoms with E-state index in [0.29, 0.717) is 19.6 Å². The highest BCUT2D eigenvalue weighted by atomic mass is 16.6. The van der Waals surface area contributed by atoms with Gasteiger partial charge in [-0.3, -0.25) is 0 Å². The maximum atomic E-state index is 11.3. The summed E-state index contributed by atoms with van der Waals surface area (Å²) in [4.78, 5) is 12.9. The number of nitrogens with zero attached hydrogens (tertiary/aromatic N) is 1. The SMILES string of the molecule is C=CCN1CC(C)(CNC)OC1=O. The smallest absolute Gasteiger partial charge is 0.410 e. The van der Waals surface area contributed by atoms with Crippen molar-refractivity contribution in [2.24, 2.45) is 0 Å². The van der Waals surface area contributed by atoms with Crippen molar-refractivity contribution in [3.8, 4) is 0 Å². The zero-order valence-electron chi connectivity index (χ0n) is 8.17. The van der Waals surface area contributed by atoms with E-state index in [1.807, 2.05) is 14.0 Å². The highest BCUT2D eigenvalue weighted by Gasteiger charge is 2.40. The van der Waals surface area contributed by atoms with Gasteiger partial charge in [0.15, 0.2) is 0 Å². The Bertz CT molecular complexity index is 218. The predicted octanol–water partition coefficient (Wildman–Crippen LogP) is 0.603. The van der Waals surface area contributed by atoms with Crippen molar-refractivity contribution >= 4 is 6.09 Å². The molecule has 0 saturated carbocycles. The molecule has 1 saturated heterocycles. The van der Waals surface area contributed by atoms with Gasteiger partial charge in [0.25, 0.3) is 0 Å². The Morgan fingerprint density at radius 2 is 2.54 bits per heavy atom. The summed E-state index contributed by atoms with van der Waals surface area (Å²) in [6.07, 6.45) is 1.45. The predicted molar refractivity (Wildman–Crippen MR) is 50.6 cm³/mol. The van der Waals surface area contributed by atoms with Crippen LogP contribution < -0.4 is 5.32 Å². The molecule has 0 aliphatic carbocycles. The van der Waals surface area contributed by atoms with Crippen LogP contribution in [-0.2, 0) is 4.74 Å². The van der Waals surface area contributed by atoms with Crippen molar-refractivity contribution in [2.45, 2.75) is 12.5 Å². The largest absolute Gasteiger partial charge is 0.440 e. The highest BCUT2D eigenvalue weighted by molar-refractivity contribution is 5.70. The summed E-state index contributed by atoms with van der Waals surface area (Å²) in [5.41, 5.74) is -0.394. The summed E-state index contributed by atoms with van der Waals surface area (Å²) in [6.45, 7) is 7.36. The van der Waals surface area contributed by atoms with Gasteiger partial charge < -0.3 is 15.0 Å². The van der Waals surface area contributed by atoms with E-state index < -0.39 is 5.60 Å². The normalized spacial score (nSPS) is 27.5. The molecule has 1 aliphatic heterocycles. The molecule has 4 nitrogen and oxygen atoms in total. The van der Waals surface area contributed by atoms with Crippen LogP contribution in [0, 0.1) is 0 Å². The molecule has 13 heavy (non-hydrogen) atoms. The minimum absolute atomic E-state index is 0.252. The van der Waals surface area contributed by atoms with Gasteiger partial charge in [-0.15, -0.1) is 6.58 Å². The van der Waals surface area contributed by atoms with Gasteiger partial charge >= 0.3 is 6.09 Å². The van der Waals surface area contributed by atoms with Crippen molar-refractivity contribution < 1.29 is 9.53 Å². The summed E-state index contributed by atoms with van der Waals surface area (Å²) in [7, 11) is 1.84. The molecule has 1 rings (SSSR count). The second kappa shape index (κ2) is 3.79. The molecular weight excluding hydrogens is 168 g/mol. The van der Waals surface area contributed by atoms with Crippen molar-refractivity contribution in [1.82, 2.24) is 10.2 Å². The molecule has 1 unspecified atom stereocenters. The maximum Gasteiger partial charge on any atom is 0.410 e. The molecule has 1 atom stereocenters. The Kier molecular flexibility index (Phi) is 2.93. The van der Waals surface area contributed by atoms with Crippen LogP contribution in [0.25, 0.3) is 0 Å². The molecule has 0 bridgehead atoms. The van der Waals surface area contributed by atoms with E-state index in [2.05, 4.69) is 11.9 Å². The number of rotatable bonds is 4. The summed E-state index contributed by atoms with van der Waals surface area (Å²) in [6, 6.07) is 0. The number of amides is 1. The molecule has 1 N–H and O–H groups in total. The van der Waals surface area contributed by atoms with Crippen LogP contribution in [0.2, 0.25) is 0 Å². The van der Waals surface area contributed by atoms with E-state index in [9.17, 15) is 4.79 Å². The van der Waals surface area contributed by atoms with Gasteiger partial charge in [-0.25, -0.2) is 4.79 Å². The fourth-order valence-electron chi connectivity index (χ4n) is 1.54. The average molecular weight is 184 g/mol. The monoisotopic (exact) mass is 184 g/mol. The van der Waals surface area contributed by atoms with Crippen LogP contribution in [0.3, 0.4) is 0 Å². The zero-order chi connectivity index (χ0) is 9.90. The quantitative estimate of drug-likeness (QED) is 0.651. The first-order valence-corrected chi connectivity index (χ1v) is 4.35. The van der Waals surface area contributed by atoms with Gasteiger partial charge in [0.1, 0.15) is 5.60 Å². The van der Waals surface area contributed by atoms with Gasteiger partial charge in [0.2, 0.25) is 0 Å². The lowest BCUT2D eigenvalue weighted by molar-refractivity contribution is 0.0730. The minimum Gasteiger partial charge on any atom is -0.440 e. The Hall–Kier alpha value is -1.03. The molecule has 0 aromatic carbocycles. The number of hydrogen-bond acceptors (Lipinski definition) is 3. The summed E-state index contributed by atoms with van der Waals surface area (Å²) in [5.74, 6) is 0. The number of hydrogen-bond donors (Lipinski definition) is 1. The van der Waals surface area contributed by atoms with Crippen LogP contribution >= 0.6 is 0 Å². The Morgan fingerprint density at radius 3 is 3.08 bits per heavy atom. The summed E-state index contributed by atoms with van der Waals surface area (Å²) in [5, 5.41) is 3.00. The topological polar surface area (TPSA) is 41.6 Å². The van der Waals surface area contributed by atoms with Crippen molar-refractivity contribution in [2.75, 3.05) is 26.7 Å². The number of likely N-dealkylation sites (N-methyl/N-ethyl adjacent to an activating group) is 1. The summed E-state index contributed by atoms with van der Waals surface area (Å²) >= 11 is 0. The van der Waals surface area contributed by atoms with Crippen molar-refractivity contribution in [3.05, 3.63) is 12.7 Å². The first kappa shape index (κ1) is 10.1. The average Bonchev–Trinajstić information content (AvgIpc) is 2.28. The molecule has 0 aromatic rings. The lowest BCUT2D eigenvalue weighted by Gasteiger charge is -2.20. The second-order valence-electron chi connectivity index (χ2n) is 3.52. The molecule has 1 amide bonds. The van der Waals surface area contributed by atoms with E-state index in [1.54, 1.807) is 11.0 Å². The molecule has 4 heteroatoms. The van der Waals surface area contributed by atoms with Gasteiger partial charge in [0.05, 0.1) is 6.54 Å². The van der Waals surface area contributed by atoms with Crippen molar-refractivity contribution in [3.63, 3.8) is 0 Å². The van der Waals surface area contributed by atoms with Crippen LogP contribution in [0.15, 0.2) is 12.7 Å². The minimum atomic E-state index is -0.394. The number of carbonyl (C=O) groups excluding carboxylic acids is 1. The maximum absolute atomic E-state index is 11.3. The second-order valence-corrected chi connectivity index (χ2v) is 3.52. The van der Waals surface area contributed by atoms with Gasteiger partial charge in [-0.1, -0.05) is 6.08 Å². The number of carbonyl (C=O) groups is 1. The number of nitrogens with one attached hydrogen (secondary N) is 1. The lowest BCUT2D eigenvalue weighted by atomic mass is 10.1. The Balaban J connectivity index is 2.57. The Labute approximate surface area is 78.5 Å². The standard InChI is InChI=1S/C9H16N2O2/c1-4-5-11-7-9(2,6-10-3)13-8(11)12/h4,10H,1,5-7H2,2-3H3. The van der Waals surface area contributed by atoms with E-state index >= 15 is 0 Å². The molecule has 0 spiro atoms. The van der Waals surface area contributed by atoms with Gasteiger partial charge in [-0.2, -0.15) is 0 Å². The van der Waals surface area contributed by atoms with Gasteiger partial charge in [0, 0.05) is 13.1 Å². The first-order chi connectivity index (χ1) is 6.11. The van der Waals surface area contributed by atoms with Crippen LogP contribution in [0.1, 0.15) is 6.92 Å². The highest BCUT2D eigenvalue weighted by Crippen LogP contribution is 2.21. The fourth-order valence-corrected chi connectivity index (χ4v) is 1.54. The van der Waals surface area contributed by atoms with Crippen LogP contribution in [0.5, 0.6) is 0 Å². The molecular formula is C9H16N2O2. The Morgan fingerprint density at radius 1 is 1.85 bits per heavy atom. The van der Waals surface area contributed by atoms with E-state index in [0.717, 1.165) is 0 Å². The van der Waals surface area contributed by atoms with E-state index in [-0.39, 0.29) is 6.09 Å². The molecule has 1 fully saturated rings. The van der Waals surface area contributed by atoms with Crippen molar-refractivity contribution in [1.29, 1.82) is 0 Å². The first-order valence-electron chi connectivity index (χ1n) is 4.35. The third kappa shape index (κ3) is 2.21. The molecule has 0 radical (unpaired) electrons. The van der Waals surface area contributed by atoms with E-state index in [1.165, 1.54) is 0 Å². The van der Waals surface area contributed by atoms with Crippen LogP contribution in [0.4, 0.5) is 4.79 Å². The fraction of sp³-hybridized carbons (Fsp3) is 0.667. The number of cyclic esters (lactones) is 1. The third-order valence-electron chi connectivity index (χ3n) is 2.02. The van der Waals surface area contributed by atoms with E-state index in [4.69, 9.17) is 4.74 Å². The zero-order valence-corrected chi connectivity index (χ0v) is 8.17. The van der Waals surface area contributed by atoms with Gasteiger partial charge in [-0.05, 0) is 14.0 Å². The van der Waals surface area contributed by atoms with Crippen LogP contribution in [-0.4, -0.2) is 43.3 Å². The molecule has 1 heterocycles. The number of ether oxygens (including phenoxy) is 1. The molecule has 74 valence electrons. The molecule has 0 aromatic heterocycles. The molecule has 1 aliphatic rings. The third-order valence-corrected chi connectivity index (χ3v) is 2.02.